The number of amides is 1. The van der Waals surface area contributed by atoms with Crippen LogP contribution >= 0.6 is 0 Å². The summed E-state index contributed by atoms with van der Waals surface area (Å²) in [6.07, 6.45) is 0. The number of nitrogens with zero attached hydrogens (tertiary/aromatic N) is 2. The number of anilines is 1. The first-order valence-electron chi connectivity index (χ1n) is 5.54. The summed E-state index contributed by atoms with van der Waals surface area (Å²) in [5.74, 6) is -0.704. The minimum Gasteiger partial charge on any atom is -0.376 e. The fourth-order valence-corrected chi connectivity index (χ4v) is 2.17. The summed E-state index contributed by atoms with van der Waals surface area (Å²) < 4.78 is 1.45. The monoisotopic (exact) mass is 245 g/mol. The van der Waals surface area contributed by atoms with Crippen LogP contribution in [0.2, 0.25) is 0 Å². The number of para-hydroxylation sites is 1. The quantitative estimate of drug-likeness (QED) is 0.847. The van der Waals surface area contributed by atoms with E-state index >= 15 is 0 Å². The third-order valence-corrected chi connectivity index (χ3v) is 2.97. The van der Waals surface area contributed by atoms with Gasteiger partial charge in [0.1, 0.15) is 5.56 Å². The lowest BCUT2D eigenvalue weighted by molar-refractivity contribution is 0.0999. The van der Waals surface area contributed by atoms with Crippen molar-refractivity contribution in [3.63, 3.8) is 0 Å². The second-order valence-corrected chi connectivity index (χ2v) is 4.36. The van der Waals surface area contributed by atoms with E-state index in [4.69, 9.17) is 5.73 Å². The zero-order chi connectivity index (χ0) is 13.4. The number of aromatic nitrogens is 1. The number of hydrogen-bond donors (Lipinski definition) is 1. The van der Waals surface area contributed by atoms with Gasteiger partial charge in [-0.1, -0.05) is 18.2 Å². The zero-order valence-electron chi connectivity index (χ0n) is 10.6. The van der Waals surface area contributed by atoms with E-state index in [1.54, 1.807) is 26.0 Å². The Kier molecular flexibility index (Phi) is 2.82. The van der Waals surface area contributed by atoms with Gasteiger partial charge in [-0.25, -0.2) is 0 Å². The summed E-state index contributed by atoms with van der Waals surface area (Å²) in [4.78, 5) is 25.4. The zero-order valence-corrected chi connectivity index (χ0v) is 10.6. The summed E-state index contributed by atoms with van der Waals surface area (Å²) in [7, 11) is 5.21. The number of carbonyl (C=O) groups is 1. The highest BCUT2D eigenvalue weighted by molar-refractivity contribution is 6.06. The number of aryl methyl sites for hydroxylation is 1. The highest BCUT2D eigenvalue weighted by Gasteiger charge is 2.20. The molecule has 0 aliphatic heterocycles. The van der Waals surface area contributed by atoms with Gasteiger partial charge in [-0.05, 0) is 6.07 Å². The Morgan fingerprint density at radius 3 is 2.44 bits per heavy atom. The van der Waals surface area contributed by atoms with Crippen LogP contribution in [0.3, 0.4) is 0 Å². The first-order valence-corrected chi connectivity index (χ1v) is 5.54. The molecule has 5 heteroatoms. The topological polar surface area (TPSA) is 68.3 Å². The van der Waals surface area contributed by atoms with Gasteiger partial charge in [0.05, 0.1) is 11.2 Å². The minimum absolute atomic E-state index is 0.0289. The maximum absolute atomic E-state index is 12.2. The normalized spacial score (nSPS) is 10.6. The molecule has 0 atom stereocenters. The molecule has 0 spiro atoms. The first kappa shape index (κ1) is 12.2. The maximum atomic E-state index is 12.2. The van der Waals surface area contributed by atoms with Crippen molar-refractivity contribution >= 4 is 22.5 Å². The Bertz CT molecular complexity index is 686. The van der Waals surface area contributed by atoms with E-state index in [1.807, 2.05) is 24.3 Å². The van der Waals surface area contributed by atoms with E-state index in [1.165, 1.54) is 4.57 Å². The lowest BCUT2D eigenvalue weighted by Gasteiger charge is -2.19. The molecule has 0 saturated heterocycles. The molecule has 18 heavy (non-hydrogen) atoms. The Labute approximate surface area is 104 Å². The van der Waals surface area contributed by atoms with E-state index in [0.29, 0.717) is 5.69 Å². The third kappa shape index (κ3) is 1.64. The largest absolute Gasteiger partial charge is 0.376 e. The third-order valence-electron chi connectivity index (χ3n) is 2.97. The fraction of sp³-hybridized carbons (Fsp3) is 0.231. The van der Waals surface area contributed by atoms with Crippen LogP contribution in [0.4, 0.5) is 5.69 Å². The van der Waals surface area contributed by atoms with Gasteiger partial charge in [0.25, 0.3) is 11.5 Å². The van der Waals surface area contributed by atoms with Crippen molar-refractivity contribution in [2.75, 3.05) is 19.0 Å². The summed E-state index contributed by atoms with van der Waals surface area (Å²) in [6, 6.07) is 7.43. The Morgan fingerprint density at radius 1 is 1.28 bits per heavy atom. The second-order valence-electron chi connectivity index (χ2n) is 4.36. The molecule has 0 aliphatic carbocycles. The summed E-state index contributed by atoms with van der Waals surface area (Å²) in [5, 5.41) is 0.832. The molecule has 1 amide bonds. The van der Waals surface area contributed by atoms with E-state index in [2.05, 4.69) is 0 Å². The van der Waals surface area contributed by atoms with Crippen LogP contribution in [0.1, 0.15) is 10.4 Å². The number of nitrogens with two attached hydrogens (primary N) is 1. The molecule has 2 N–H and O–H groups in total. The molecule has 0 bridgehead atoms. The Balaban J connectivity index is 3.08. The first-order chi connectivity index (χ1) is 8.45. The lowest BCUT2D eigenvalue weighted by Crippen LogP contribution is -2.32. The lowest BCUT2D eigenvalue weighted by atomic mass is 10.1. The molecule has 0 aliphatic rings. The number of rotatable bonds is 2. The van der Waals surface area contributed by atoms with Crippen molar-refractivity contribution in [3.05, 3.63) is 40.2 Å². The average Bonchev–Trinajstić information content (AvgIpc) is 2.32. The molecule has 2 rings (SSSR count). The van der Waals surface area contributed by atoms with Crippen LogP contribution in [0, 0.1) is 0 Å². The number of fused-ring (bicyclic) bond motifs is 1. The number of carbonyl (C=O) groups excluding carboxylic acids is 1. The van der Waals surface area contributed by atoms with E-state index in [0.717, 1.165) is 10.9 Å². The summed E-state index contributed by atoms with van der Waals surface area (Å²) >= 11 is 0. The van der Waals surface area contributed by atoms with Gasteiger partial charge in [-0.15, -0.1) is 0 Å². The highest BCUT2D eigenvalue weighted by Crippen LogP contribution is 2.26. The predicted molar refractivity (Wildman–Crippen MR) is 72.0 cm³/mol. The highest BCUT2D eigenvalue weighted by atomic mass is 16.2. The van der Waals surface area contributed by atoms with Gasteiger partial charge < -0.3 is 15.2 Å². The number of pyridine rings is 1. The SMILES string of the molecule is CN(C)c1c(C(N)=O)c(=O)n(C)c2ccccc12. The van der Waals surface area contributed by atoms with Crippen LogP contribution in [0.5, 0.6) is 0 Å². The van der Waals surface area contributed by atoms with Crippen LogP contribution in [0.25, 0.3) is 10.9 Å². The van der Waals surface area contributed by atoms with Gasteiger partial charge >= 0.3 is 0 Å². The van der Waals surface area contributed by atoms with Gasteiger partial charge in [-0.3, -0.25) is 9.59 Å². The molecule has 0 radical (unpaired) electrons. The van der Waals surface area contributed by atoms with Crippen molar-refractivity contribution in [3.8, 4) is 0 Å². The van der Waals surface area contributed by atoms with Crippen LogP contribution in [-0.4, -0.2) is 24.6 Å². The van der Waals surface area contributed by atoms with Crippen molar-refractivity contribution < 1.29 is 4.79 Å². The minimum atomic E-state index is -0.704. The molecule has 1 aromatic heterocycles. The molecule has 0 unspecified atom stereocenters. The van der Waals surface area contributed by atoms with Crippen molar-refractivity contribution in [2.45, 2.75) is 0 Å². The summed E-state index contributed by atoms with van der Waals surface area (Å²) in [6.45, 7) is 0. The smallest absolute Gasteiger partial charge is 0.265 e. The van der Waals surface area contributed by atoms with E-state index in [-0.39, 0.29) is 11.1 Å². The maximum Gasteiger partial charge on any atom is 0.265 e. The number of primary amides is 1. The molecule has 0 saturated carbocycles. The van der Waals surface area contributed by atoms with E-state index in [9.17, 15) is 9.59 Å². The summed E-state index contributed by atoms with van der Waals surface area (Å²) in [5.41, 5.74) is 6.34. The molecule has 1 heterocycles. The number of benzene rings is 1. The molecule has 1 aromatic carbocycles. The molecule has 0 fully saturated rings. The molecule has 94 valence electrons. The van der Waals surface area contributed by atoms with Gasteiger partial charge in [0, 0.05) is 26.5 Å². The average molecular weight is 245 g/mol. The van der Waals surface area contributed by atoms with Crippen LogP contribution in [0.15, 0.2) is 29.1 Å². The Hall–Kier alpha value is -2.30. The van der Waals surface area contributed by atoms with E-state index < -0.39 is 5.91 Å². The predicted octanol–water partition coefficient (Wildman–Crippen LogP) is 0.703. The van der Waals surface area contributed by atoms with Crippen LogP contribution in [-0.2, 0) is 7.05 Å². The van der Waals surface area contributed by atoms with Crippen molar-refractivity contribution in [1.82, 2.24) is 4.57 Å². The van der Waals surface area contributed by atoms with Crippen molar-refractivity contribution in [2.24, 2.45) is 12.8 Å². The standard InChI is InChI=1S/C13H15N3O2/c1-15(2)11-8-6-4-5-7-9(8)16(3)13(18)10(11)12(14)17/h4-7H,1-3H3,(H2,14,17). The van der Waals surface area contributed by atoms with Gasteiger partial charge in [0.15, 0.2) is 0 Å². The molecular weight excluding hydrogens is 230 g/mol. The van der Waals surface area contributed by atoms with Gasteiger partial charge in [0.2, 0.25) is 0 Å². The fourth-order valence-electron chi connectivity index (χ4n) is 2.17. The number of hydrogen-bond acceptors (Lipinski definition) is 3. The second kappa shape index (κ2) is 4.18. The van der Waals surface area contributed by atoms with Crippen molar-refractivity contribution in [1.29, 1.82) is 0 Å². The molecule has 5 nitrogen and oxygen atoms in total. The Morgan fingerprint density at radius 2 is 1.89 bits per heavy atom. The van der Waals surface area contributed by atoms with Crippen LogP contribution < -0.4 is 16.2 Å². The van der Waals surface area contributed by atoms with Gasteiger partial charge in [-0.2, -0.15) is 0 Å². The molecular formula is C13H15N3O2. The molecule has 2 aromatic rings.